The number of rotatable bonds is 5. The maximum atomic E-state index is 12.3. The van der Waals surface area contributed by atoms with Crippen LogP contribution in [0.1, 0.15) is 27.4 Å². The van der Waals surface area contributed by atoms with E-state index in [1.165, 1.54) is 6.08 Å². The van der Waals surface area contributed by atoms with Gasteiger partial charge in [0.05, 0.1) is 13.2 Å². The van der Waals surface area contributed by atoms with Gasteiger partial charge in [-0.3, -0.25) is 9.69 Å². The fourth-order valence-electron chi connectivity index (χ4n) is 2.66. The molecule has 1 saturated heterocycles. The van der Waals surface area contributed by atoms with Crippen molar-refractivity contribution in [3.8, 4) is 5.75 Å². The number of ketones is 1. The predicted molar refractivity (Wildman–Crippen MR) is 91.0 cm³/mol. The van der Waals surface area contributed by atoms with Crippen molar-refractivity contribution < 1.29 is 19.1 Å². The number of hydrogen-bond donors (Lipinski definition) is 1. The highest BCUT2D eigenvalue weighted by atomic mass is 16.5. The first-order chi connectivity index (χ1) is 11.6. The van der Waals surface area contributed by atoms with Crippen LogP contribution in [0.2, 0.25) is 0 Å². The van der Waals surface area contributed by atoms with E-state index >= 15 is 0 Å². The molecule has 1 aliphatic heterocycles. The molecule has 1 aliphatic rings. The first kappa shape index (κ1) is 16.5. The SMILES string of the molecule is Cc1ccc(/C=C/C(=O)c2ccc(O)c(CN3CCOCC3)c2)o1. The van der Waals surface area contributed by atoms with Crippen LogP contribution in [-0.4, -0.2) is 42.1 Å². The van der Waals surface area contributed by atoms with Gasteiger partial charge in [0.25, 0.3) is 0 Å². The van der Waals surface area contributed by atoms with Gasteiger partial charge in [-0.1, -0.05) is 0 Å². The van der Waals surface area contributed by atoms with E-state index in [1.54, 1.807) is 24.3 Å². The molecular formula is C19H21NO4. The molecule has 0 bridgehead atoms. The third-order valence-electron chi connectivity index (χ3n) is 4.02. The predicted octanol–water partition coefficient (Wildman–Crippen LogP) is 3.02. The van der Waals surface area contributed by atoms with E-state index in [9.17, 15) is 9.90 Å². The van der Waals surface area contributed by atoms with Gasteiger partial charge < -0.3 is 14.3 Å². The number of furan rings is 1. The van der Waals surface area contributed by atoms with Crippen LogP contribution in [0.3, 0.4) is 0 Å². The van der Waals surface area contributed by atoms with Gasteiger partial charge in [-0.25, -0.2) is 0 Å². The first-order valence-corrected chi connectivity index (χ1v) is 8.02. The zero-order valence-electron chi connectivity index (χ0n) is 13.7. The number of ether oxygens (including phenoxy) is 1. The average molecular weight is 327 g/mol. The van der Waals surface area contributed by atoms with Crippen molar-refractivity contribution in [1.29, 1.82) is 0 Å². The Morgan fingerprint density at radius 2 is 2.04 bits per heavy atom. The number of aryl methyl sites for hydroxylation is 1. The third kappa shape index (κ3) is 4.13. The van der Waals surface area contributed by atoms with Crippen molar-refractivity contribution in [2.75, 3.05) is 26.3 Å². The number of carbonyl (C=O) groups excluding carboxylic acids is 1. The summed E-state index contributed by atoms with van der Waals surface area (Å²) < 4.78 is 10.7. The molecule has 5 nitrogen and oxygen atoms in total. The van der Waals surface area contributed by atoms with Crippen molar-refractivity contribution in [2.24, 2.45) is 0 Å². The molecule has 0 unspecified atom stereocenters. The summed E-state index contributed by atoms with van der Waals surface area (Å²) >= 11 is 0. The highest BCUT2D eigenvalue weighted by Crippen LogP contribution is 2.21. The molecule has 126 valence electrons. The second-order valence-corrected chi connectivity index (χ2v) is 5.88. The topological polar surface area (TPSA) is 62.9 Å². The Morgan fingerprint density at radius 3 is 2.75 bits per heavy atom. The minimum atomic E-state index is -0.118. The molecule has 3 rings (SSSR count). The number of aromatic hydroxyl groups is 1. The van der Waals surface area contributed by atoms with Gasteiger partial charge >= 0.3 is 0 Å². The fourth-order valence-corrected chi connectivity index (χ4v) is 2.66. The molecule has 1 aromatic heterocycles. The summed E-state index contributed by atoms with van der Waals surface area (Å²) in [4.78, 5) is 14.5. The molecule has 24 heavy (non-hydrogen) atoms. The van der Waals surface area contributed by atoms with Crippen molar-refractivity contribution >= 4 is 11.9 Å². The number of phenols is 1. The molecule has 0 amide bonds. The van der Waals surface area contributed by atoms with Crippen LogP contribution in [0.25, 0.3) is 6.08 Å². The Morgan fingerprint density at radius 1 is 1.25 bits per heavy atom. The summed E-state index contributed by atoms with van der Waals surface area (Å²) in [5.74, 6) is 1.55. The average Bonchev–Trinajstić information content (AvgIpc) is 3.01. The van der Waals surface area contributed by atoms with Gasteiger partial charge in [0.2, 0.25) is 0 Å². The minimum Gasteiger partial charge on any atom is -0.508 e. The van der Waals surface area contributed by atoms with Crippen LogP contribution >= 0.6 is 0 Å². The molecule has 2 aromatic rings. The Labute approximate surface area is 141 Å². The van der Waals surface area contributed by atoms with E-state index < -0.39 is 0 Å². The monoisotopic (exact) mass is 327 g/mol. The van der Waals surface area contributed by atoms with Crippen molar-refractivity contribution in [3.05, 3.63) is 59.1 Å². The van der Waals surface area contributed by atoms with Gasteiger partial charge in [0, 0.05) is 30.8 Å². The lowest BCUT2D eigenvalue weighted by atomic mass is 10.0. The number of carbonyl (C=O) groups is 1. The van der Waals surface area contributed by atoms with Crippen LogP contribution in [-0.2, 0) is 11.3 Å². The van der Waals surface area contributed by atoms with Gasteiger partial charge in [-0.2, -0.15) is 0 Å². The molecule has 0 spiro atoms. The van der Waals surface area contributed by atoms with Gasteiger partial charge in [-0.15, -0.1) is 0 Å². The van der Waals surface area contributed by atoms with E-state index in [0.29, 0.717) is 31.1 Å². The lowest BCUT2D eigenvalue weighted by Crippen LogP contribution is -2.35. The zero-order chi connectivity index (χ0) is 16.9. The molecule has 1 fully saturated rings. The third-order valence-corrected chi connectivity index (χ3v) is 4.02. The number of benzene rings is 1. The van der Waals surface area contributed by atoms with Crippen LogP contribution in [0.4, 0.5) is 0 Å². The summed E-state index contributed by atoms with van der Waals surface area (Å²) in [6, 6.07) is 8.64. The summed E-state index contributed by atoms with van der Waals surface area (Å²) in [6.45, 7) is 5.52. The molecule has 1 N–H and O–H groups in total. The first-order valence-electron chi connectivity index (χ1n) is 8.02. The van der Waals surface area contributed by atoms with E-state index in [0.717, 1.165) is 24.4 Å². The molecule has 5 heteroatoms. The molecule has 0 atom stereocenters. The van der Waals surface area contributed by atoms with Crippen molar-refractivity contribution in [2.45, 2.75) is 13.5 Å². The second-order valence-electron chi connectivity index (χ2n) is 5.88. The summed E-state index contributed by atoms with van der Waals surface area (Å²) in [6.07, 6.45) is 3.15. The number of hydrogen-bond acceptors (Lipinski definition) is 5. The van der Waals surface area contributed by atoms with E-state index in [4.69, 9.17) is 9.15 Å². The Balaban J connectivity index is 1.72. The Kier molecular flexibility index (Phi) is 5.13. The zero-order valence-corrected chi connectivity index (χ0v) is 13.7. The standard InChI is InChI=1S/C19H21NO4/c1-14-2-4-17(24-14)5-7-18(21)15-3-6-19(22)16(12-15)13-20-8-10-23-11-9-20/h2-7,12,22H,8-11,13H2,1H3/b7-5+. The molecular weight excluding hydrogens is 306 g/mol. The van der Waals surface area contributed by atoms with Gasteiger partial charge in [-0.05, 0) is 49.4 Å². The molecule has 0 radical (unpaired) electrons. The summed E-state index contributed by atoms with van der Waals surface area (Å²) in [5.41, 5.74) is 1.31. The highest BCUT2D eigenvalue weighted by molar-refractivity contribution is 6.06. The Hall–Kier alpha value is -2.37. The smallest absolute Gasteiger partial charge is 0.185 e. The Bertz CT molecular complexity index is 742. The fraction of sp³-hybridized carbons (Fsp3) is 0.316. The number of nitrogens with zero attached hydrogens (tertiary/aromatic N) is 1. The van der Waals surface area contributed by atoms with E-state index in [2.05, 4.69) is 4.90 Å². The number of allylic oxidation sites excluding steroid dienone is 1. The van der Waals surface area contributed by atoms with E-state index in [1.807, 2.05) is 19.1 Å². The number of morpholine rings is 1. The van der Waals surface area contributed by atoms with E-state index in [-0.39, 0.29) is 11.5 Å². The highest BCUT2D eigenvalue weighted by Gasteiger charge is 2.14. The minimum absolute atomic E-state index is 0.118. The van der Waals surface area contributed by atoms with Crippen LogP contribution in [0.5, 0.6) is 5.75 Å². The lowest BCUT2D eigenvalue weighted by molar-refractivity contribution is 0.0339. The summed E-state index contributed by atoms with van der Waals surface area (Å²) in [7, 11) is 0. The van der Waals surface area contributed by atoms with Gasteiger partial charge in [0.15, 0.2) is 5.78 Å². The second kappa shape index (κ2) is 7.47. The maximum Gasteiger partial charge on any atom is 0.185 e. The normalized spacial score (nSPS) is 15.9. The summed E-state index contributed by atoms with van der Waals surface area (Å²) in [5, 5.41) is 10.1. The lowest BCUT2D eigenvalue weighted by Gasteiger charge is -2.26. The molecule has 2 heterocycles. The maximum absolute atomic E-state index is 12.3. The van der Waals surface area contributed by atoms with Crippen molar-refractivity contribution in [1.82, 2.24) is 4.90 Å². The van der Waals surface area contributed by atoms with Crippen LogP contribution in [0, 0.1) is 6.92 Å². The largest absolute Gasteiger partial charge is 0.508 e. The quantitative estimate of drug-likeness (QED) is 0.675. The van der Waals surface area contributed by atoms with Crippen LogP contribution < -0.4 is 0 Å². The molecule has 1 aromatic carbocycles. The van der Waals surface area contributed by atoms with Crippen LogP contribution in [0.15, 0.2) is 40.8 Å². The molecule has 0 saturated carbocycles. The number of phenolic OH excluding ortho intramolecular Hbond substituents is 1. The van der Waals surface area contributed by atoms with Gasteiger partial charge in [0.1, 0.15) is 17.3 Å². The molecule has 0 aliphatic carbocycles. The van der Waals surface area contributed by atoms with Crippen molar-refractivity contribution in [3.63, 3.8) is 0 Å².